The highest BCUT2D eigenvalue weighted by atomic mass is 79.9. The molecule has 0 aromatic heterocycles. The van der Waals surface area contributed by atoms with Crippen molar-refractivity contribution in [3.63, 3.8) is 0 Å². The standard InChI is InChI=1S/C17H18BrNO2/c1-8-5-12(18)6-9(2)15(8)19-16(20)13-10-3-4-11(7-10)14(13)17(19)21/h5-6,10-11,13-14H,3-4,7H2,1-2H3. The van der Waals surface area contributed by atoms with Crippen molar-refractivity contribution in [3.05, 3.63) is 27.7 Å². The van der Waals surface area contributed by atoms with Gasteiger partial charge in [-0.1, -0.05) is 15.9 Å². The summed E-state index contributed by atoms with van der Waals surface area (Å²) in [6.07, 6.45) is 3.33. The van der Waals surface area contributed by atoms with Gasteiger partial charge in [-0.15, -0.1) is 0 Å². The Balaban J connectivity index is 1.81. The van der Waals surface area contributed by atoms with E-state index < -0.39 is 0 Å². The Kier molecular flexibility index (Phi) is 2.84. The lowest BCUT2D eigenvalue weighted by Gasteiger charge is -2.21. The minimum absolute atomic E-state index is 0.0429. The first-order valence-electron chi connectivity index (χ1n) is 7.63. The number of aryl methyl sites for hydroxylation is 2. The summed E-state index contributed by atoms with van der Waals surface area (Å²) in [7, 11) is 0. The largest absolute Gasteiger partial charge is 0.274 e. The molecule has 21 heavy (non-hydrogen) atoms. The molecule has 2 saturated carbocycles. The molecular weight excluding hydrogens is 330 g/mol. The van der Waals surface area contributed by atoms with Gasteiger partial charge in [-0.05, 0) is 68.2 Å². The normalized spacial score (nSPS) is 34.0. The average Bonchev–Trinajstić information content (AvgIpc) is 3.06. The highest BCUT2D eigenvalue weighted by molar-refractivity contribution is 9.10. The SMILES string of the molecule is Cc1cc(Br)cc(C)c1N1C(=O)C2C3CCC(C3)C2C1=O. The molecule has 110 valence electrons. The quantitative estimate of drug-likeness (QED) is 0.728. The van der Waals surface area contributed by atoms with Crippen LogP contribution in [0.3, 0.4) is 0 Å². The van der Waals surface area contributed by atoms with Gasteiger partial charge in [0.1, 0.15) is 0 Å². The van der Waals surface area contributed by atoms with Gasteiger partial charge >= 0.3 is 0 Å². The third kappa shape index (κ3) is 1.71. The number of fused-ring (bicyclic) bond motifs is 5. The van der Waals surface area contributed by atoms with E-state index in [1.807, 2.05) is 26.0 Å². The fourth-order valence-electron chi connectivity index (χ4n) is 4.88. The number of hydrogen-bond donors (Lipinski definition) is 0. The van der Waals surface area contributed by atoms with E-state index in [2.05, 4.69) is 15.9 Å². The van der Waals surface area contributed by atoms with Gasteiger partial charge in [-0.2, -0.15) is 0 Å². The monoisotopic (exact) mass is 347 g/mol. The van der Waals surface area contributed by atoms with Crippen LogP contribution in [0.15, 0.2) is 16.6 Å². The van der Waals surface area contributed by atoms with Crippen LogP contribution < -0.4 is 4.90 Å². The van der Waals surface area contributed by atoms with E-state index in [9.17, 15) is 9.59 Å². The van der Waals surface area contributed by atoms with Gasteiger partial charge in [-0.3, -0.25) is 9.59 Å². The fraction of sp³-hybridized carbons (Fsp3) is 0.529. The van der Waals surface area contributed by atoms with Crippen molar-refractivity contribution in [2.75, 3.05) is 4.90 Å². The predicted molar refractivity (Wildman–Crippen MR) is 83.9 cm³/mol. The number of carbonyl (C=O) groups is 2. The zero-order valence-electron chi connectivity index (χ0n) is 12.2. The van der Waals surface area contributed by atoms with Crippen LogP contribution in [0.25, 0.3) is 0 Å². The Hall–Kier alpha value is -1.16. The van der Waals surface area contributed by atoms with Gasteiger partial charge in [0.05, 0.1) is 17.5 Å². The van der Waals surface area contributed by atoms with Gasteiger partial charge in [0.25, 0.3) is 0 Å². The minimum atomic E-state index is -0.0429. The molecule has 3 nitrogen and oxygen atoms in total. The molecule has 1 aromatic rings. The summed E-state index contributed by atoms with van der Waals surface area (Å²) >= 11 is 3.48. The second-order valence-electron chi connectivity index (χ2n) is 6.78. The summed E-state index contributed by atoms with van der Waals surface area (Å²) in [5, 5.41) is 0. The van der Waals surface area contributed by atoms with E-state index >= 15 is 0 Å². The predicted octanol–water partition coefficient (Wildman–Crippen LogP) is 3.60. The summed E-state index contributed by atoms with van der Waals surface area (Å²) in [5.74, 6) is 0.892. The number of imide groups is 1. The minimum Gasteiger partial charge on any atom is -0.274 e. The van der Waals surface area contributed by atoms with Gasteiger partial charge < -0.3 is 0 Å². The Labute approximate surface area is 132 Å². The van der Waals surface area contributed by atoms with Crippen LogP contribution in [0.5, 0.6) is 0 Å². The second-order valence-corrected chi connectivity index (χ2v) is 7.70. The molecule has 1 aliphatic heterocycles. The number of amides is 2. The number of hydrogen-bond acceptors (Lipinski definition) is 2. The van der Waals surface area contributed by atoms with Crippen LogP contribution >= 0.6 is 15.9 Å². The fourth-order valence-corrected chi connectivity index (χ4v) is 5.57. The number of nitrogens with zero attached hydrogens (tertiary/aromatic N) is 1. The van der Waals surface area contributed by atoms with Crippen molar-refractivity contribution in [2.45, 2.75) is 33.1 Å². The van der Waals surface area contributed by atoms with Crippen molar-refractivity contribution in [3.8, 4) is 0 Å². The maximum atomic E-state index is 12.9. The first-order valence-corrected chi connectivity index (χ1v) is 8.43. The maximum Gasteiger partial charge on any atom is 0.237 e. The van der Waals surface area contributed by atoms with Crippen LogP contribution in [-0.2, 0) is 9.59 Å². The number of halogens is 1. The molecular formula is C17H18BrNO2. The van der Waals surface area contributed by atoms with Crippen molar-refractivity contribution in [1.82, 2.24) is 0 Å². The summed E-state index contributed by atoms with van der Waals surface area (Å²) in [6.45, 7) is 3.94. The molecule has 0 spiro atoms. The highest BCUT2D eigenvalue weighted by Gasteiger charge is 2.61. The topological polar surface area (TPSA) is 37.4 Å². The number of benzene rings is 1. The molecule has 4 atom stereocenters. The molecule has 2 bridgehead atoms. The summed E-state index contributed by atoms with van der Waals surface area (Å²) < 4.78 is 0.987. The van der Waals surface area contributed by atoms with Crippen LogP contribution in [0, 0.1) is 37.5 Å². The molecule has 4 heteroatoms. The lowest BCUT2D eigenvalue weighted by Crippen LogP contribution is -2.34. The lowest BCUT2D eigenvalue weighted by atomic mass is 9.81. The summed E-state index contributed by atoms with van der Waals surface area (Å²) in [5.41, 5.74) is 2.77. The zero-order valence-corrected chi connectivity index (χ0v) is 13.8. The number of anilines is 1. The molecule has 1 saturated heterocycles. The lowest BCUT2D eigenvalue weighted by molar-refractivity contribution is -0.123. The maximum absolute atomic E-state index is 12.9. The first-order chi connectivity index (χ1) is 9.99. The third-order valence-electron chi connectivity index (χ3n) is 5.61. The van der Waals surface area contributed by atoms with Crippen LogP contribution in [-0.4, -0.2) is 11.8 Å². The molecule has 3 fully saturated rings. The molecule has 0 radical (unpaired) electrons. The van der Waals surface area contributed by atoms with E-state index in [1.165, 1.54) is 4.90 Å². The van der Waals surface area contributed by atoms with Gasteiger partial charge in [-0.25, -0.2) is 4.90 Å². The smallest absolute Gasteiger partial charge is 0.237 e. The van der Waals surface area contributed by atoms with Crippen LogP contribution in [0.1, 0.15) is 30.4 Å². The van der Waals surface area contributed by atoms with Gasteiger partial charge in [0.2, 0.25) is 11.8 Å². The van der Waals surface area contributed by atoms with Crippen LogP contribution in [0.2, 0.25) is 0 Å². The van der Waals surface area contributed by atoms with Crippen molar-refractivity contribution >= 4 is 33.4 Å². The van der Waals surface area contributed by atoms with Gasteiger partial charge in [0.15, 0.2) is 0 Å². The molecule has 0 N–H and O–H groups in total. The Bertz CT molecular complexity index is 618. The van der Waals surface area contributed by atoms with E-state index in [-0.39, 0.29) is 23.7 Å². The molecule has 1 heterocycles. The van der Waals surface area contributed by atoms with E-state index in [0.29, 0.717) is 11.8 Å². The summed E-state index contributed by atoms with van der Waals surface area (Å²) in [4.78, 5) is 27.2. The Morgan fingerprint density at radius 3 is 1.95 bits per heavy atom. The van der Waals surface area contributed by atoms with E-state index in [1.54, 1.807) is 0 Å². The Morgan fingerprint density at radius 2 is 1.48 bits per heavy atom. The second kappa shape index (κ2) is 4.42. The van der Waals surface area contributed by atoms with E-state index in [0.717, 1.165) is 40.5 Å². The average molecular weight is 348 g/mol. The number of rotatable bonds is 1. The van der Waals surface area contributed by atoms with Crippen LogP contribution in [0.4, 0.5) is 5.69 Å². The van der Waals surface area contributed by atoms with Crippen molar-refractivity contribution in [1.29, 1.82) is 0 Å². The van der Waals surface area contributed by atoms with Gasteiger partial charge in [0, 0.05) is 4.47 Å². The number of carbonyl (C=O) groups excluding carboxylic acids is 2. The zero-order chi connectivity index (χ0) is 14.9. The third-order valence-corrected chi connectivity index (χ3v) is 6.06. The van der Waals surface area contributed by atoms with Crippen molar-refractivity contribution in [2.24, 2.45) is 23.7 Å². The molecule has 2 aliphatic carbocycles. The summed E-state index contributed by atoms with van der Waals surface area (Å²) in [6, 6.07) is 3.96. The molecule has 4 rings (SSSR count). The first kappa shape index (κ1) is 13.5. The Morgan fingerprint density at radius 1 is 1.00 bits per heavy atom. The molecule has 2 amide bonds. The highest BCUT2D eigenvalue weighted by Crippen LogP contribution is 2.57. The molecule has 1 aromatic carbocycles. The molecule has 3 aliphatic rings. The van der Waals surface area contributed by atoms with Crippen molar-refractivity contribution < 1.29 is 9.59 Å². The molecule has 4 unspecified atom stereocenters. The van der Waals surface area contributed by atoms with E-state index in [4.69, 9.17) is 0 Å².